The summed E-state index contributed by atoms with van der Waals surface area (Å²) in [5, 5.41) is 0.950. The second-order valence-electron chi connectivity index (χ2n) is 4.74. The highest BCUT2D eigenvalue weighted by molar-refractivity contribution is 6.33. The molecule has 0 fully saturated rings. The summed E-state index contributed by atoms with van der Waals surface area (Å²) in [5.41, 5.74) is 7.39. The Labute approximate surface area is 131 Å². The van der Waals surface area contributed by atoms with Gasteiger partial charge in [0.2, 0.25) is 0 Å². The van der Waals surface area contributed by atoms with Crippen molar-refractivity contribution >= 4 is 40.7 Å². The van der Waals surface area contributed by atoms with E-state index in [2.05, 4.69) is 0 Å². The smallest absolute Gasteiger partial charge is 0.261 e. The highest BCUT2D eigenvalue weighted by atomic mass is 35.5. The van der Waals surface area contributed by atoms with E-state index >= 15 is 0 Å². The number of nitrogens with two attached hydrogens (primary N) is 1. The lowest BCUT2D eigenvalue weighted by molar-refractivity contribution is 0.0642. The van der Waals surface area contributed by atoms with Crippen molar-refractivity contribution in [2.45, 2.75) is 6.54 Å². The maximum absolute atomic E-state index is 12.3. The van der Waals surface area contributed by atoms with E-state index in [4.69, 9.17) is 28.9 Å². The molecule has 0 spiro atoms. The number of amides is 2. The summed E-state index contributed by atoms with van der Waals surface area (Å²) in [6.45, 7) is 0.0750. The third-order valence-corrected chi connectivity index (χ3v) is 3.93. The monoisotopic (exact) mass is 320 g/mol. The number of nitrogen functional groups attached to an aromatic ring is 1. The molecule has 2 aromatic carbocycles. The molecule has 1 aliphatic rings. The van der Waals surface area contributed by atoms with Gasteiger partial charge in [0.25, 0.3) is 11.8 Å². The van der Waals surface area contributed by atoms with Crippen LogP contribution in [0.1, 0.15) is 26.3 Å². The summed E-state index contributed by atoms with van der Waals surface area (Å²) in [5.74, 6) is -0.732. The Morgan fingerprint density at radius 1 is 0.952 bits per heavy atom. The molecule has 0 bridgehead atoms. The molecule has 3 rings (SSSR count). The highest BCUT2D eigenvalue weighted by Crippen LogP contribution is 2.29. The second kappa shape index (κ2) is 5.06. The number of benzene rings is 2. The van der Waals surface area contributed by atoms with E-state index < -0.39 is 0 Å². The Hall–Kier alpha value is -2.04. The predicted octanol–water partition coefficient (Wildman–Crippen LogP) is 3.37. The molecule has 1 heterocycles. The molecule has 0 aromatic heterocycles. The van der Waals surface area contributed by atoms with Gasteiger partial charge in [-0.25, -0.2) is 0 Å². The van der Waals surface area contributed by atoms with Crippen molar-refractivity contribution in [2.75, 3.05) is 5.73 Å². The fourth-order valence-electron chi connectivity index (χ4n) is 2.29. The number of rotatable bonds is 2. The van der Waals surface area contributed by atoms with Gasteiger partial charge >= 0.3 is 0 Å². The number of imide groups is 1. The van der Waals surface area contributed by atoms with Gasteiger partial charge in [0.15, 0.2) is 0 Å². The van der Waals surface area contributed by atoms with Gasteiger partial charge < -0.3 is 5.73 Å². The molecule has 6 heteroatoms. The molecule has 0 aliphatic carbocycles. The zero-order valence-electron chi connectivity index (χ0n) is 10.8. The molecule has 2 aromatic rings. The average Bonchev–Trinajstić information content (AvgIpc) is 2.67. The van der Waals surface area contributed by atoms with Crippen LogP contribution in [0.3, 0.4) is 0 Å². The first-order chi connectivity index (χ1) is 9.97. The van der Waals surface area contributed by atoms with Crippen molar-refractivity contribution in [3.63, 3.8) is 0 Å². The molecule has 0 unspecified atom stereocenters. The molecule has 4 nitrogen and oxygen atoms in total. The van der Waals surface area contributed by atoms with Crippen molar-refractivity contribution in [1.29, 1.82) is 0 Å². The van der Waals surface area contributed by atoms with Crippen LogP contribution >= 0.6 is 23.2 Å². The van der Waals surface area contributed by atoms with E-state index in [0.29, 0.717) is 32.4 Å². The summed E-state index contributed by atoms with van der Waals surface area (Å²) in [4.78, 5) is 25.8. The minimum atomic E-state index is -0.377. The third kappa shape index (κ3) is 2.37. The van der Waals surface area contributed by atoms with Gasteiger partial charge in [-0.1, -0.05) is 23.2 Å². The van der Waals surface area contributed by atoms with Gasteiger partial charge in [0.05, 0.1) is 17.7 Å². The van der Waals surface area contributed by atoms with Gasteiger partial charge in [0, 0.05) is 15.7 Å². The van der Waals surface area contributed by atoms with E-state index in [1.54, 1.807) is 30.3 Å². The molecule has 2 amide bonds. The fourth-order valence-corrected chi connectivity index (χ4v) is 2.66. The van der Waals surface area contributed by atoms with Gasteiger partial charge in [-0.2, -0.15) is 0 Å². The fraction of sp³-hybridized carbons (Fsp3) is 0.0667. The zero-order chi connectivity index (χ0) is 15.1. The lowest BCUT2D eigenvalue weighted by Crippen LogP contribution is -2.29. The van der Waals surface area contributed by atoms with Gasteiger partial charge in [-0.15, -0.1) is 0 Å². The first-order valence-electron chi connectivity index (χ1n) is 6.17. The lowest BCUT2D eigenvalue weighted by Gasteiger charge is -2.15. The second-order valence-corrected chi connectivity index (χ2v) is 5.58. The first kappa shape index (κ1) is 13.9. The average molecular weight is 321 g/mol. The molecule has 0 atom stereocenters. The SMILES string of the molecule is Nc1ccc2c(c1)C(=O)N(Cc1cc(Cl)ccc1Cl)C2=O. The van der Waals surface area contributed by atoms with Gasteiger partial charge in [-0.3, -0.25) is 14.5 Å². The number of carbonyl (C=O) groups excluding carboxylic acids is 2. The molecule has 21 heavy (non-hydrogen) atoms. The topological polar surface area (TPSA) is 63.4 Å². The van der Waals surface area contributed by atoms with E-state index in [9.17, 15) is 9.59 Å². The lowest BCUT2D eigenvalue weighted by atomic mass is 10.1. The Bertz CT molecular complexity index is 774. The summed E-state index contributed by atoms with van der Waals surface area (Å²) < 4.78 is 0. The van der Waals surface area contributed by atoms with E-state index in [1.165, 1.54) is 6.07 Å². The molecule has 0 saturated carbocycles. The Balaban J connectivity index is 1.97. The van der Waals surface area contributed by atoms with E-state index in [-0.39, 0.29) is 18.4 Å². The first-order valence-corrected chi connectivity index (χ1v) is 6.92. The van der Waals surface area contributed by atoms with Crippen LogP contribution < -0.4 is 5.73 Å². The maximum atomic E-state index is 12.3. The van der Waals surface area contributed by atoms with Crippen molar-refractivity contribution in [3.8, 4) is 0 Å². The van der Waals surface area contributed by atoms with Crippen LogP contribution in [0, 0.1) is 0 Å². The molecule has 0 radical (unpaired) electrons. The molecule has 1 aliphatic heterocycles. The summed E-state index contributed by atoms with van der Waals surface area (Å²) in [6, 6.07) is 9.59. The van der Waals surface area contributed by atoms with Crippen LogP contribution in [-0.4, -0.2) is 16.7 Å². The molecular formula is C15H10Cl2N2O2. The maximum Gasteiger partial charge on any atom is 0.261 e. The summed E-state index contributed by atoms with van der Waals surface area (Å²) in [6.07, 6.45) is 0. The third-order valence-electron chi connectivity index (χ3n) is 3.33. The molecule has 106 valence electrons. The predicted molar refractivity (Wildman–Crippen MR) is 81.5 cm³/mol. The minimum absolute atomic E-state index is 0.0750. The Morgan fingerprint density at radius 2 is 1.67 bits per heavy atom. The van der Waals surface area contributed by atoms with Gasteiger partial charge in [0.1, 0.15) is 0 Å². The zero-order valence-corrected chi connectivity index (χ0v) is 12.3. The van der Waals surface area contributed by atoms with Crippen LogP contribution in [-0.2, 0) is 6.54 Å². The van der Waals surface area contributed by atoms with Crippen LogP contribution in [0.5, 0.6) is 0 Å². The highest BCUT2D eigenvalue weighted by Gasteiger charge is 2.35. The molecular weight excluding hydrogens is 311 g/mol. The number of hydrogen-bond donors (Lipinski definition) is 1. The van der Waals surface area contributed by atoms with Crippen molar-refractivity contribution in [2.24, 2.45) is 0 Å². The number of hydrogen-bond acceptors (Lipinski definition) is 3. The summed E-state index contributed by atoms with van der Waals surface area (Å²) >= 11 is 12.0. The van der Waals surface area contributed by atoms with Crippen LogP contribution in [0.25, 0.3) is 0 Å². The normalized spacial score (nSPS) is 13.7. The molecule has 2 N–H and O–H groups in total. The van der Waals surface area contributed by atoms with Crippen molar-refractivity contribution < 1.29 is 9.59 Å². The van der Waals surface area contributed by atoms with E-state index in [0.717, 1.165) is 4.90 Å². The number of nitrogens with zero attached hydrogens (tertiary/aromatic N) is 1. The molecule has 0 saturated heterocycles. The van der Waals surface area contributed by atoms with Crippen LogP contribution in [0.2, 0.25) is 10.0 Å². The Morgan fingerprint density at radius 3 is 2.43 bits per heavy atom. The van der Waals surface area contributed by atoms with Gasteiger partial charge in [-0.05, 0) is 42.0 Å². The van der Waals surface area contributed by atoms with Crippen LogP contribution in [0.15, 0.2) is 36.4 Å². The number of carbonyl (C=O) groups is 2. The number of halogens is 2. The number of fused-ring (bicyclic) bond motifs is 1. The number of anilines is 1. The van der Waals surface area contributed by atoms with Crippen LogP contribution in [0.4, 0.5) is 5.69 Å². The quantitative estimate of drug-likeness (QED) is 0.681. The Kier molecular flexibility index (Phi) is 3.35. The van der Waals surface area contributed by atoms with E-state index in [1.807, 2.05) is 0 Å². The minimum Gasteiger partial charge on any atom is -0.399 e. The van der Waals surface area contributed by atoms with Crippen molar-refractivity contribution in [3.05, 3.63) is 63.1 Å². The summed E-state index contributed by atoms with van der Waals surface area (Å²) in [7, 11) is 0. The largest absolute Gasteiger partial charge is 0.399 e. The van der Waals surface area contributed by atoms with Crippen molar-refractivity contribution in [1.82, 2.24) is 4.90 Å². The standard InChI is InChI=1S/C15H10Cl2N2O2/c16-9-1-4-13(17)8(5-9)7-19-14(20)11-3-2-10(18)6-12(11)15(19)21/h1-6H,7,18H2.